The minimum absolute atomic E-state index is 0.125. The summed E-state index contributed by atoms with van der Waals surface area (Å²) in [7, 11) is 6.35. The summed E-state index contributed by atoms with van der Waals surface area (Å²) < 4.78 is 21.8. The van der Waals surface area contributed by atoms with E-state index in [1.807, 2.05) is 36.4 Å². The van der Waals surface area contributed by atoms with Crippen molar-refractivity contribution in [2.24, 2.45) is 0 Å². The Hall–Kier alpha value is -2.95. The summed E-state index contributed by atoms with van der Waals surface area (Å²) >= 11 is 0. The minimum Gasteiger partial charge on any atom is -0.497 e. The lowest BCUT2D eigenvalue weighted by Crippen LogP contribution is -2.06. The van der Waals surface area contributed by atoms with Crippen LogP contribution >= 0.6 is 0 Å². The highest BCUT2D eigenvalue weighted by atomic mass is 16.5. The van der Waals surface area contributed by atoms with Gasteiger partial charge in [0.25, 0.3) is 0 Å². The third-order valence-electron chi connectivity index (χ3n) is 4.53. The maximum Gasteiger partial charge on any atom is 0.203 e. The van der Waals surface area contributed by atoms with E-state index >= 15 is 0 Å². The first-order valence-electron chi connectivity index (χ1n) is 8.31. The molecule has 0 radical (unpaired) electrons. The third kappa shape index (κ3) is 3.12. The monoisotopic (exact) mass is 354 g/mol. The van der Waals surface area contributed by atoms with Gasteiger partial charge < -0.3 is 18.9 Å². The van der Waals surface area contributed by atoms with Gasteiger partial charge in [-0.1, -0.05) is 18.2 Å². The van der Waals surface area contributed by atoms with Crippen LogP contribution in [-0.2, 0) is 11.2 Å². The zero-order valence-corrected chi connectivity index (χ0v) is 15.4. The number of hydrogen-bond acceptors (Lipinski definition) is 5. The lowest BCUT2D eigenvalue weighted by atomic mass is 9.92. The summed E-state index contributed by atoms with van der Waals surface area (Å²) in [6.45, 7) is 0. The molecule has 0 aromatic heterocycles. The Kier molecular flexibility index (Phi) is 5.16. The first-order valence-corrected chi connectivity index (χ1v) is 8.31. The number of rotatable bonds is 5. The molecule has 0 saturated heterocycles. The van der Waals surface area contributed by atoms with Crippen LogP contribution in [0.3, 0.4) is 0 Å². The van der Waals surface area contributed by atoms with Gasteiger partial charge in [-0.3, -0.25) is 4.79 Å². The Labute approximate surface area is 153 Å². The molecule has 26 heavy (non-hydrogen) atoms. The van der Waals surface area contributed by atoms with Gasteiger partial charge in [0.1, 0.15) is 11.5 Å². The maximum atomic E-state index is 12.4. The van der Waals surface area contributed by atoms with Crippen LogP contribution in [0.25, 0.3) is 5.57 Å². The second kappa shape index (κ2) is 7.52. The summed E-state index contributed by atoms with van der Waals surface area (Å²) in [6, 6.07) is 9.67. The molecule has 0 N–H and O–H groups in total. The van der Waals surface area contributed by atoms with Gasteiger partial charge in [-0.25, -0.2) is 0 Å². The van der Waals surface area contributed by atoms with Gasteiger partial charge in [-0.2, -0.15) is 0 Å². The van der Waals surface area contributed by atoms with E-state index in [4.69, 9.17) is 18.9 Å². The highest BCUT2D eigenvalue weighted by Gasteiger charge is 2.26. The standard InChI is InChI=1S/C21H22O5/c1-23-15-8-5-13(6-9-15)16-10-7-14(22)11-18-17(16)12-19(24-2)21(26-4)20(18)25-3/h5-6,8-10,12H,7,11H2,1-4H3. The van der Waals surface area contributed by atoms with Gasteiger partial charge in [0.05, 0.1) is 28.4 Å². The van der Waals surface area contributed by atoms with E-state index in [1.54, 1.807) is 28.4 Å². The average Bonchev–Trinajstić information content (AvgIpc) is 2.84. The lowest BCUT2D eigenvalue weighted by molar-refractivity contribution is -0.117. The zero-order chi connectivity index (χ0) is 18.7. The van der Waals surface area contributed by atoms with Crippen molar-refractivity contribution in [1.29, 1.82) is 0 Å². The Morgan fingerprint density at radius 2 is 1.54 bits per heavy atom. The fourth-order valence-electron chi connectivity index (χ4n) is 3.27. The Morgan fingerprint density at radius 3 is 2.12 bits per heavy atom. The van der Waals surface area contributed by atoms with Gasteiger partial charge >= 0.3 is 0 Å². The third-order valence-corrected chi connectivity index (χ3v) is 4.53. The molecule has 0 saturated carbocycles. The van der Waals surface area contributed by atoms with Crippen LogP contribution in [0.15, 0.2) is 36.4 Å². The molecular formula is C21H22O5. The first kappa shape index (κ1) is 17.9. The second-order valence-electron chi connectivity index (χ2n) is 5.94. The SMILES string of the molecule is COc1ccc(C2=CCC(=O)Cc3c2cc(OC)c(OC)c3OC)cc1. The molecule has 1 aliphatic rings. The molecule has 1 aliphatic carbocycles. The van der Waals surface area contributed by atoms with Crippen molar-refractivity contribution in [3.05, 3.63) is 53.1 Å². The van der Waals surface area contributed by atoms with Gasteiger partial charge in [0, 0.05) is 18.4 Å². The summed E-state index contributed by atoms with van der Waals surface area (Å²) in [5.74, 6) is 2.51. The number of carbonyl (C=O) groups excluding carboxylic acids is 1. The zero-order valence-electron chi connectivity index (χ0n) is 15.4. The van der Waals surface area contributed by atoms with Crippen LogP contribution in [-0.4, -0.2) is 34.2 Å². The second-order valence-corrected chi connectivity index (χ2v) is 5.94. The number of hydrogen-bond donors (Lipinski definition) is 0. The molecule has 5 nitrogen and oxygen atoms in total. The molecule has 2 aromatic carbocycles. The van der Waals surface area contributed by atoms with Gasteiger partial charge in [0.2, 0.25) is 5.75 Å². The van der Waals surface area contributed by atoms with E-state index < -0.39 is 0 Å². The van der Waals surface area contributed by atoms with Crippen LogP contribution in [0, 0.1) is 0 Å². The minimum atomic E-state index is 0.125. The van der Waals surface area contributed by atoms with Crippen LogP contribution in [0.4, 0.5) is 0 Å². The van der Waals surface area contributed by atoms with Gasteiger partial charge in [-0.15, -0.1) is 0 Å². The molecule has 5 heteroatoms. The maximum absolute atomic E-state index is 12.4. The van der Waals surface area contributed by atoms with Crippen molar-refractivity contribution >= 4 is 11.4 Å². The van der Waals surface area contributed by atoms with Crippen molar-refractivity contribution in [2.75, 3.05) is 28.4 Å². The smallest absolute Gasteiger partial charge is 0.203 e. The van der Waals surface area contributed by atoms with Crippen LogP contribution < -0.4 is 18.9 Å². The Balaban J connectivity index is 2.24. The average molecular weight is 354 g/mol. The number of fused-ring (bicyclic) bond motifs is 1. The number of carbonyl (C=O) groups is 1. The van der Waals surface area contributed by atoms with Crippen LogP contribution in [0.2, 0.25) is 0 Å². The molecular weight excluding hydrogens is 332 g/mol. The van der Waals surface area contributed by atoms with E-state index in [0.717, 1.165) is 28.0 Å². The van der Waals surface area contributed by atoms with Crippen molar-refractivity contribution in [3.63, 3.8) is 0 Å². The molecule has 0 atom stereocenters. The molecule has 0 aliphatic heterocycles. The summed E-state index contributed by atoms with van der Waals surface area (Å²) in [5, 5.41) is 0. The molecule has 0 amide bonds. The van der Waals surface area contributed by atoms with Crippen molar-refractivity contribution in [1.82, 2.24) is 0 Å². The Morgan fingerprint density at radius 1 is 0.846 bits per heavy atom. The van der Waals surface area contributed by atoms with E-state index in [-0.39, 0.29) is 12.2 Å². The summed E-state index contributed by atoms with van der Waals surface area (Å²) in [4.78, 5) is 12.4. The quantitative estimate of drug-likeness (QED) is 0.820. The molecule has 0 fully saturated rings. The van der Waals surface area contributed by atoms with Crippen molar-refractivity contribution < 1.29 is 23.7 Å². The fraction of sp³-hybridized carbons (Fsp3) is 0.286. The number of ether oxygens (including phenoxy) is 4. The molecule has 136 valence electrons. The lowest BCUT2D eigenvalue weighted by Gasteiger charge is -2.20. The van der Waals surface area contributed by atoms with E-state index in [0.29, 0.717) is 23.7 Å². The molecule has 3 rings (SSSR count). The molecule has 0 bridgehead atoms. The highest BCUT2D eigenvalue weighted by Crippen LogP contribution is 2.46. The predicted molar refractivity (Wildman–Crippen MR) is 99.5 cm³/mol. The number of Topliss-reactive ketones (excluding diaryl/α,β-unsaturated/α-hetero) is 1. The number of allylic oxidation sites excluding steroid dienone is 1. The summed E-state index contributed by atoms with van der Waals surface area (Å²) in [6.07, 6.45) is 2.61. The van der Waals surface area contributed by atoms with Gasteiger partial charge in [-0.05, 0) is 34.9 Å². The fourth-order valence-corrected chi connectivity index (χ4v) is 3.27. The molecule has 0 unspecified atom stereocenters. The number of ketones is 1. The molecule has 0 spiro atoms. The number of benzene rings is 2. The normalized spacial score (nSPS) is 13.4. The van der Waals surface area contributed by atoms with E-state index in [2.05, 4.69) is 0 Å². The van der Waals surface area contributed by atoms with E-state index in [1.165, 1.54) is 0 Å². The van der Waals surface area contributed by atoms with E-state index in [9.17, 15) is 4.79 Å². The predicted octanol–water partition coefficient (Wildman–Crippen LogP) is 3.67. The highest BCUT2D eigenvalue weighted by molar-refractivity contribution is 5.94. The van der Waals surface area contributed by atoms with Gasteiger partial charge in [0.15, 0.2) is 11.5 Å². The number of methoxy groups -OCH3 is 4. The molecule has 0 heterocycles. The topological polar surface area (TPSA) is 54.0 Å². The van der Waals surface area contributed by atoms with Crippen LogP contribution in [0.1, 0.15) is 23.1 Å². The largest absolute Gasteiger partial charge is 0.497 e. The Bertz CT molecular complexity index is 850. The summed E-state index contributed by atoms with van der Waals surface area (Å²) in [5.41, 5.74) is 3.69. The molecule has 2 aromatic rings. The van der Waals surface area contributed by atoms with Crippen molar-refractivity contribution in [2.45, 2.75) is 12.8 Å². The van der Waals surface area contributed by atoms with Crippen LogP contribution in [0.5, 0.6) is 23.0 Å². The van der Waals surface area contributed by atoms with Crippen molar-refractivity contribution in [3.8, 4) is 23.0 Å². The first-order chi connectivity index (χ1) is 12.6.